The SMILES string of the molecule is Fc1ccc(N(c2ccccc2)c2ccc3oc4ccc5ccccc5c4c3c2)cc1. The molecule has 31 heavy (non-hydrogen) atoms. The predicted octanol–water partition coefficient (Wildman–Crippen LogP) is 8.35. The van der Waals surface area contributed by atoms with Gasteiger partial charge >= 0.3 is 0 Å². The zero-order chi connectivity index (χ0) is 20.8. The van der Waals surface area contributed by atoms with E-state index in [1.807, 2.05) is 42.5 Å². The van der Waals surface area contributed by atoms with Gasteiger partial charge in [0.05, 0.1) is 0 Å². The van der Waals surface area contributed by atoms with E-state index in [1.165, 1.54) is 22.9 Å². The van der Waals surface area contributed by atoms with E-state index in [0.29, 0.717) is 0 Å². The molecule has 5 aromatic carbocycles. The second-order valence-electron chi connectivity index (χ2n) is 7.59. The molecule has 0 fully saturated rings. The van der Waals surface area contributed by atoms with Crippen LogP contribution in [0.2, 0.25) is 0 Å². The number of furan rings is 1. The van der Waals surface area contributed by atoms with Gasteiger partial charge in [-0.15, -0.1) is 0 Å². The Bertz CT molecular complexity index is 1530. The van der Waals surface area contributed by atoms with Crippen molar-refractivity contribution in [2.75, 3.05) is 4.90 Å². The smallest absolute Gasteiger partial charge is 0.136 e. The number of hydrogen-bond acceptors (Lipinski definition) is 2. The molecule has 1 heterocycles. The topological polar surface area (TPSA) is 16.4 Å². The summed E-state index contributed by atoms with van der Waals surface area (Å²) in [6.45, 7) is 0. The largest absolute Gasteiger partial charge is 0.456 e. The maximum atomic E-state index is 13.6. The average molecular weight is 403 g/mol. The second-order valence-corrected chi connectivity index (χ2v) is 7.59. The van der Waals surface area contributed by atoms with Gasteiger partial charge in [-0.3, -0.25) is 0 Å². The van der Waals surface area contributed by atoms with Gasteiger partial charge in [0.15, 0.2) is 0 Å². The Morgan fingerprint density at radius 2 is 1.23 bits per heavy atom. The van der Waals surface area contributed by atoms with Crippen molar-refractivity contribution < 1.29 is 8.81 Å². The van der Waals surface area contributed by atoms with Crippen LogP contribution in [0.4, 0.5) is 21.5 Å². The highest BCUT2D eigenvalue weighted by atomic mass is 19.1. The van der Waals surface area contributed by atoms with Crippen molar-refractivity contribution in [3.05, 3.63) is 115 Å². The molecule has 0 spiro atoms. The molecule has 0 unspecified atom stereocenters. The zero-order valence-corrected chi connectivity index (χ0v) is 16.6. The predicted molar refractivity (Wildman–Crippen MR) is 126 cm³/mol. The summed E-state index contributed by atoms with van der Waals surface area (Å²) in [5.74, 6) is -0.250. The molecular weight excluding hydrogens is 385 g/mol. The van der Waals surface area contributed by atoms with Crippen LogP contribution >= 0.6 is 0 Å². The van der Waals surface area contributed by atoms with Gasteiger partial charge in [0, 0.05) is 27.8 Å². The Kier molecular flexibility index (Phi) is 4.00. The average Bonchev–Trinajstić information content (AvgIpc) is 3.20. The first kappa shape index (κ1) is 17.7. The zero-order valence-electron chi connectivity index (χ0n) is 16.6. The quantitative estimate of drug-likeness (QED) is 0.295. The van der Waals surface area contributed by atoms with Crippen LogP contribution in [0.25, 0.3) is 32.7 Å². The van der Waals surface area contributed by atoms with Gasteiger partial charge in [0.2, 0.25) is 0 Å². The third-order valence-electron chi connectivity index (χ3n) is 5.70. The van der Waals surface area contributed by atoms with E-state index in [9.17, 15) is 4.39 Å². The summed E-state index contributed by atoms with van der Waals surface area (Å²) in [6, 6.07) is 35.4. The van der Waals surface area contributed by atoms with Crippen LogP contribution in [0.3, 0.4) is 0 Å². The van der Waals surface area contributed by atoms with E-state index in [4.69, 9.17) is 4.42 Å². The van der Waals surface area contributed by atoms with Crippen molar-refractivity contribution in [2.24, 2.45) is 0 Å². The fraction of sp³-hybridized carbons (Fsp3) is 0. The minimum Gasteiger partial charge on any atom is -0.456 e. The van der Waals surface area contributed by atoms with Crippen LogP contribution in [0.15, 0.2) is 114 Å². The van der Waals surface area contributed by atoms with Crippen LogP contribution in [-0.4, -0.2) is 0 Å². The molecule has 0 saturated carbocycles. The van der Waals surface area contributed by atoms with E-state index >= 15 is 0 Å². The van der Waals surface area contributed by atoms with Crippen molar-refractivity contribution in [2.45, 2.75) is 0 Å². The Labute approximate surface area is 178 Å². The normalized spacial score (nSPS) is 11.4. The molecule has 0 bridgehead atoms. The molecule has 0 aliphatic carbocycles. The highest BCUT2D eigenvalue weighted by Crippen LogP contribution is 2.40. The molecule has 0 aliphatic rings. The standard InChI is InChI=1S/C28H18FNO/c29-20-11-13-22(14-12-20)30(21-7-2-1-3-8-21)23-15-17-26-25(18-23)28-24-9-5-4-6-19(24)10-16-27(28)31-26/h1-18H. The van der Waals surface area contributed by atoms with Gasteiger partial charge in [-0.1, -0.05) is 48.5 Å². The molecule has 6 aromatic rings. The van der Waals surface area contributed by atoms with Gasteiger partial charge in [-0.25, -0.2) is 4.39 Å². The summed E-state index contributed by atoms with van der Waals surface area (Å²) < 4.78 is 19.8. The van der Waals surface area contributed by atoms with Crippen molar-refractivity contribution in [3.63, 3.8) is 0 Å². The molecule has 0 N–H and O–H groups in total. The molecule has 0 atom stereocenters. The number of para-hydroxylation sites is 1. The Balaban J connectivity index is 1.63. The summed E-state index contributed by atoms with van der Waals surface area (Å²) >= 11 is 0. The molecule has 148 valence electrons. The maximum Gasteiger partial charge on any atom is 0.136 e. The molecule has 0 amide bonds. The fourth-order valence-corrected chi connectivity index (χ4v) is 4.29. The molecule has 0 aliphatic heterocycles. The van der Waals surface area contributed by atoms with E-state index in [-0.39, 0.29) is 5.82 Å². The molecular formula is C28H18FNO. The number of hydrogen-bond donors (Lipinski definition) is 0. The third-order valence-corrected chi connectivity index (χ3v) is 5.70. The van der Waals surface area contributed by atoms with Gasteiger partial charge in [-0.2, -0.15) is 0 Å². The minimum atomic E-state index is -0.250. The van der Waals surface area contributed by atoms with Crippen molar-refractivity contribution in [1.29, 1.82) is 0 Å². The number of nitrogens with zero attached hydrogens (tertiary/aromatic N) is 1. The lowest BCUT2D eigenvalue weighted by molar-refractivity contribution is 0.628. The highest BCUT2D eigenvalue weighted by Gasteiger charge is 2.16. The van der Waals surface area contributed by atoms with Gasteiger partial charge in [-0.05, 0) is 71.4 Å². The molecule has 3 heteroatoms. The summed E-state index contributed by atoms with van der Waals surface area (Å²) in [6.07, 6.45) is 0. The number of rotatable bonds is 3. The van der Waals surface area contributed by atoms with Crippen LogP contribution in [0, 0.1) is 5.82 Å². The number of halogens is 1. The first-order chi connectivity index (χ1) is 15.3. The van der Waals surface area contributed by atoms with Gasteiger partial charge in [0.25, 0.3) is 0 Å². The lowest BCUT2D eigenvalue weighted by Crippen LogP contribution is -2.09. The first-order valence-corrected chi connectivity index (χ1v) is 10.2. The van der Waals surface area contributed by atoms with Crippen molar-refractivity contribution >= 4 is 49.8 Å². The monoisotopic (exact) mass is 403 g/mol. The second kappa shape index (κ2) is 6.99. The van der Waals surface area contributed by atoms with E-state index in [1.54, 1.807) is 12.1 Å². The van der Waals surface area contributed by atoms with E-state index in [0.717, 1.165) is 39.0 Å². The number of benzene rings is 5. The molecule has 0 radical (unpaired) electrons. The lowest BCUT2D eigenvalue weighted by Gasteiger charge is -2.25. The van der Waals surface area contributed by atoms with Crippen LogP contribution in [0.5, 0.6) is 0 Å². The summed E-state index contributed by atoms with van der Waals surface area (Å²) in [5, 5.41) is 4.53. The van der Waals surface area contributed by atoms with Crippen LogP contribution in [0.1, 0.15) is 0 Å². The Morgan fingerprint density at radius 1 is 0.548 bits per heavy atom. The van der Waals surface area contributed by atoms with Crippen LogP contribution < -0.4 is 4.90 Å². The van der Waals surface area contributed by atoms with Crippen molar-refractivity contribution in [3.8, 4) is 0 Å². The fourth-order valence-electron chi connectivity index (χ4n) is 4.29. The minimum absolute atomic E-state index is 0.250. The van der Waals surface area contributed by atoms with Crippen molar-refractivity contribution in [1.82, 2.24) is 0 Å². The lowest BCUT2D eigenvalue weighted by atomic mass is 10.0. The number of fused-ring (bicyclic) bond motifs is 5. The first-order valence-electron chi connectivity index (χ1n) is 10.2. The molecule has 2 nitrogen and oxygen atoms in total. The molecule has 6 rings (SSSR count). The Morgan fingerprint density at radius 3 is 2.06 bits per heavy atom. The van der Waals surface area contributed by atoms with Gasteiger partial charge in [0.1, 0.15) is 17.0 Å². The van der Waals surface area contributed by atoms with E-state index < -0.39 is 0 Å². The number of anilines is 3. The Hall–Kier alpha value is -4.11. The maximum absolute atomic E-state index is 13.6. The summed E-state index contributed by atoms with van der Waals surface area (Å²) in [5.41, 5.74) is 4.61. The van der Waals surface area contributed by atoms with Gasteiger partial charge < -0.3 is 9.32 Å². The summed E-state index contributed by atoms with van der Waals surface area (Å²) in [4.78, 5) is 2.13. The van der Waals surface area contributed by atoms with Crippen LogP contribution in [-0.2, 0) is 0 Å². The summed E-state index contributed by atoms with van der Waals surface area (Å²) in [7, 11) is 0. The molecule has 1 aromatic heterocycles. The highest BCUT2D eigenvalue weighted by molar-refractivity contribution is 6.19. The van der Waals surface area contributed by atoms with E-state index in [2.05, 4.69) is 47.4 Å². The molecule has 0 saturated heterocycles. The third kappa shape index (κ3) is 2.94.